The maximum Gasteiger partial charge on any atom is 0.224 e. The van der Waals surface area contributed by atoms with E-state index in [0.717, 1.165) is 5.56 Å². The van der Waals surface area contributed by atoms with Gasteiger partial charge in [0.25, 0.3) is 0 Å². The first-order valence-electron chi connectivity index (χ1n) is 6.22. The van der Waals surface area contributed by atoms with E-state index in [2.05, 4.69) is 5.32 Å². The summed E-state index contributed by atoms with van der Waals surface area (Å²) in [5.41, 5.74) is 1.01. The van der Waals surface area contributed by atoms with Crippen LogP contribution in [0.25, 0.3) is 0 Å². The normalized spacial score (nSPS) is 21.2. The summed E-state index contributed by atoms with van der Waals surface area (Å²) in [5.74, 6) is -0.283. The second-order valence-electron chi connectivity index (χ2n) is 4.81. The molecule has 1 aromatic carbocycles. The largest absolute Gasteiger partial charge is 0.508 e. The fraction of sp³-hybridized carbons (Fsp3) is 0.462. The van der Waals surface area contributed by atoms with E-state index in [9.17, 15) is 13.2 Å². The molecule has 1 atom stereocenters. The lowest BCUT2D eigenvalue weighted by molar-refractivity contribution is -0.124. The minimum atomic E-state index is -3.01. The fourth-order valence-electron chi connectivity index (χ4n) is 2.14. The number of sulfone groups is 1. The molecule has 0 radical (unpaired) electrons. The van der Waals surface area contributed by atoms with Gasteiger partial charge in [0.05, 0.1) is 17.4 Å². The summed E-state index contributed by atoms with van der Waals surface area (Å²) < 4.78 is 22.5. The quantitative estimate of drug-likeness (QED) is 0.842. The Hall–Kier alpha value is -1.56. The molecule has 1 heterocycles. The Labute approximate surface area is 112 Å². The van der Waals surface area contributed by atoms with Gasteiger partial charge < -0.3 is 10.4 Å². The topological polar surface area (TPSA) is 83.5 Å². The number of nitrogens with one attached hydrogen (secondary N) is 1. The van der Waals surface area contributed by atoms with Gasteiger partial charge in [-0.25, -0.2) is 8.42 Å². The van der Waals surface area contributed by atoms with E-state index in [-0.39, 0.29) is 23.2 Å². The number of hydrogen-bond acceptors (Lipinski definition) is 4. The van der Waals surface area contributed by atoms with E-state index in [0.29, 0.717) is 19.4 Å². The molecular formula is C13H17NO4S. The van der Waals surface area contributed by atoms with Crippen molar-refractivity contribution in [2.24, 2.45) is 5.92 Å². The zero-order chi connectivity index (χ0) is 13.9. The molecule has 1 unspecified atom stereocenters. The Bertz CT molecular complexity index is 551. The van der Waals surface area contributed by atoms with Gasteiger partial charge >= 0.3 is 0 Å². The zero-order valence-corrected chi connectivity index (χ0v) is 11.3. The maximum atomic E-state index is 11.8. The Morgan fingerprint density at radius 2 is 2.00 bits per heavy atom. The first-order valence-corrected chi connectivity index (χ1v) is 8.04. The number of phenolic OH excluding ortho intramolecular Hbond substituents is 1. The highest BCUT2D eigenvalue weighted by atomic mass is 32.2. The van der Waals surface area contributed by atoms with Crippen LogP contribution in [-0.4, -0.2) is 37.5 Å². The molecule has 0 aromatic heterocycles. The predicted octanol–water partition coefficient (Wildman–Crippen LogP) is 0.486. The Balaban J connectivity index is 1.77. The monoisotopic (exact) mass is 283 g/mol. The van der Waals surface area contributed by atoms with Crippen LogP contribution in [0.2, 0.25) is 0 Å². The second kappa shape index (κ2) is 5.61. The first kappa shape index (κ1) is 13.9. The number of carbonyl (C=O) groups excluding carboxylic acids is 1. The highest BCUT2D eigenvalue weighted by molar-refractivity contribution is 7.91. The van der Waals surface area contributed by atoms with Gasteiger partial charge in [0.2, 0.25) is 5.91 Å². The predicted molar refractivity (Wildman–Crippen MR) is 71.6 cm³/mol. The number of carbonyl (C=O) groups is 1. The van der Waals surface area contributed by atoms with Crippen molar-refractivity contribution >= 4 is 15.7 Å². The molecule has 0 aliphatic carbocycles. The van der Waals surface area contributed by atoms with Crippen LogP contribution in [0.3, 0.4) is 0 Å². The molecule has 19 heavy (non-hydrogen) atoms. The SMILES string of the molecule is O=C(NCCc1ccc(O)cc1)C1CCS(=O)(=O)C1. The number of phenols is 1. The van der Waals surface area contributed by atoms with Crippen LogP contribution in [0.5, 0.6) is 5.75 Å². The molecule has 1 fully saturated rings. The van der Waals surface area contributed by atoms with Crippen molar-refractivity contribution in [2.75, 3.05) is 18.1 Å². The highest BCUT2D eigenvalue weighted by Gasteiger charge is 2.32. The van der Waals surface area contributed by atoms with Gasteiger partial charge in [-0.1, -0.05) is 12.1 Å². The van der Waals surface area contributed by atoms with Crippen molar-refractivity contribution in [3.63, 3.8) is 0 Å². The first-order chi connectivity index (χ1) is 8.96. The van der Waals surface area contributed by atoms with E-state index in [1.807, 2.05) is 0 Å². The van der Waals surface area contributed by atoms with Crippen LogP contribution in [-0.2, 0) is 21.1 Å². The minimum absolute atomic E-state index is 0.0297. The molecule has 1 aliphatic heterocycles. The molecule has 1 amide bonds. The number of benzene rings is 1. The zero-order valence-electron chi connectivity index (χ0n) is 10.5. The van der Waals surface area contributed by atoms with Crippen molar-refractivity contribution in [1.29, 1.82) is 0 Å². The lowest BCUT2D eigenvalue weighted by Crippen LogP contribution is -2.32. The summed E-state index contributed by atoms with van der Waals surface area (Å²) in [6.07, 6.45) is 1.08. The molecule has 1 aromatic rings. The van der Waals surface area contributed by atoms with Gasteiger partial charge in [0.1, 0.15) is 5.75 Å². The molecule has 5 nitrogen and oxygen atoms in total. The van der Waals surface area contributed by atoms with Crippen LogP contribution < -0.4 is 5.32 Å². The Kier molecular flexibility index (Phi) is 4.09. The van der Waals surface area contributed by atoms with Crippen LogP contribution >= 0.6 is 0 Å². The molecule has 104 valence electrons. The van der Waals surface area contributed by atoms with Crippen LogP contribution in [0, 0.1) is 5.92 Å². The highest BCUT2D eigenvalue weighted by Crippen LogP contribution is 2.18. The Morgan fingerprint density at radius 3 is 2.58 bits per heavy atom. The number of hydrogen-bond donors (Lipinski definition) is 2. The third kappa shape index (κ3) is 3.96. The average Bonchev–Trinajstić information content (AvgIpc) is 2.72. The second-order valence-corrected chi connectivity index (χ2v) is 7.04. The van der Waals surface area contributed by atoms with Crippen LogP contribution in [0.15, 0.2) is 24.3 Å². The van der Waals surface area contributed by atoms with E-state index in [1.165, 1.54) is 0 Å². The molecular weight excluding hydrogens is 266 g/mol. The fourth-order valence-corrected chi connectivity index (χ4v) is 3.88. The summed E-state index contributed by atoms with van der Waals surface area (Å²) in [5, 5.41) is 11.9. The van der Waals surface area contributed by atoms with Gasteiger partial charge in [0.15, 0.2) is 9.84 Å². The smallest absolute Gasteiger partial charge is 0.224 e. The number of amides is 1. The summed E-state index contributed by atoms with van der Waals surface area (Å²) in [6.45, 7) is 0.472. The van der Waals surface area contributed by atoms with Crippen molar-refractivity contribution < 1.29 is 18.3 Å². The van der Waals surface area contributed by atoms with E-state index >= 15 is 0 Å². The molecule has 2 N–H and O–H groups in total. The number of rotatable bonds is 4. The van der Waals surface area contributed by atoms with Crippen molar-refractivity contribution in [2.45, 2.75) is 12.8 Å². The molecule has 6 heteroatoms. The molecule has 1 aliphatic rings. The summed E-state index contributed by atoms with van der Waals surface area (Å²) >= 11 is 0. The van der Waals surface area contributed by atoms with Crippen LogP contribution in [0.1, 0.15) is 12.0 Å². The Morgan fingerprint density at radius 1 is 1.32 bits per heavy atom. The van der Waals surface area contributed by atoms with E-state index in [4.69, 9.17) is 5.11 Å². The van der Waals surface area contributed by atoms with Gasteiger partial charge in [-0.15, -0.1) is 0 Å². The summed E-state index contributed by atoms with van der Waals surface area (Å²) in [7, 11) is -3.01. The standard InChI is InChI=1S/C13H17NO4S/c15-12-3-1-10(2-4-12)5-7-14-13(16)11-6-8-19(17,18)9-11/h1-4,11,15H,5-9H2,(H,14,16). The van der Waals surface area contributed by atoms with E-state index < -0.39 is 15.8 Å². The van der Waals surface area contributed by atoms with E-state index in [1.54, 1.807) is 24.3 Å². The molecule has 1 saturated heterocycles. The van der Waals surface area contributed by atoms with Gasteiger partial charge in [-0.2, -0.15) is 0 Å². The third-order valence-corrected chi connectivity index (χ3v) is 5.02. The van der Waals surface area contributed by atoms with Gasteiger partial charge in [0, 0.05) is 6.54 Å². The summed E-state index contributed by atoms with van der Waals surface area (Å²) in [6, 6.07) is 6.78. The molecule has 0 spiro atoms. The van der Waals surface area contributed by atoms with Gasteiger partial charge in [-0.05, 0) is 30.5 Å². The molecule has 0 saturated carbocycles. The lowest BCUT2D eigenvalue weighted by Gasteiger charge is -2.09. The van der Waals surface area contributed by atoms with Gasteiger partial charge in [-0.3, -0.25) is 4.79 Å². The van der Waals surface area contributed by atoms with Crippen molar-refractivity contribution in [3.05, 3.63) is 29.8 Å². The lowest BCUT2D eigenvalue weighted by atomic mass is 10.1. The minimum Gasteiger partial charge on any atom is -0.508 e. The molecule has 0 bridgehead atoms. The van der Waals surface area contributed by atoms with Crippen molar-refractivity contribution in [1.82, 2.24) is 5.32 Å². The summed E-state index contributed by atoms with van der Waals surface area (Å²) in [4.78, 5) is 11.8. The number of aromatic hydroxyl groups is 1. The molecule has 2 rings (SSSR count). The van der Waals surface area contributed by atoms with Crippen molar-refractivity contribution in [3.8, 4) is 5.75 Å². The van der Waals surface area contributed by atoms with Crippen LogP contribution in [0.4, 0.5) is 0 Å². The average molecular weight is 283 g/mol. The third-order valence-electron chi connectivity index (χ3n) is 3.25. The maximum absolute atomic E-state index is 11.8.